The van der Waals surface area contributed by atoms with E-state index in [-0.39, 0.29) is 0 Å². The minimum atomic E-state index is -2.43. The van der Waals surface area contributed by atoms with Gasteiger partial charge in [-0.25, -0.2) is 0 Å². The van der Waals surface area contributed by atoms with Crippen LogP contribution in [0.1, 0.15) is 6.92 Å². The topological polar surface area (TPSA) is 673 Å². The van der Waals surface area contributed by atoms with Gasteiger partial charge in [0.15, 0.2) is 50.3 Å². The summed E-state index contributed by atoms with van der Waals surface area (Å²) in [4.78, 5) is 12.2. The lowest BCUT2D eigenvalue weighted by atomic mass is 9.95. The highest BCUT2D eigenvalue weighted by molar-refractivity contribution is 5.73. The SMILES string of the molecule is CC(=O)N[C@H]1C(O)O[C@H](CO)[C@@H](O[C@@H]2O[C@H](CO[C@H]3O[C@H](CO[C@H]4O[C@H](CO)[C@@H](O)[C@H](O)[C@@H]4O)[C@@H](O)[C@H](O[C@H]4O[C@H](CO)[C@@H](O)[C@H](O)[C@@H]4O[C@H]4O[C@H](CO)[C@@H](O)[C@H](O)[C@@H]4O)[C@@H]3O)[C@@H](O)[C@H](O[C@H]3O[C@H](CO)[C@@H](O)[C@H](O)[C@@H]3O[C@H]3O[C@H](CO)[C@@H](O)[C@H](O)[C@@H]3O)[C@@H]2O)[C@@H]1O. The van der Waals surface area contributed by atoms with Gasteiger partial charge in [0.1, 0.15) is 195 Å². The summed E-state index contributed by atoms with van der Waals surface area (Å²) in [5.74, 6) is -0.824. The van der Waals surface area contributed by atoms with Gasteiger partial charge in [0, 0.05) is 6.92 Å². The van der Waals surface area contributed by atoms with E-state index in [1.54, 1.807) is 0 Å². The second-order valence-corrected chi connectivity index (χ2v) is 23.2. The second kappa shape index (κ2) is 32.7. The molecule has 92 heavy (non-hydrogen) atoms. The highest BCUT2D eigenvalue weighted by Crippen LogP contribution is 2.38. The number of carbonyl (C=O) groups excluding carboxylic acids is 1. The van der Waals surface area contributed by atoms with Gasteiger partial charge in [-0.2, -0.15) is 0 Å². The van der Waals surface area contributed by atoms with Gasteiger partial charge in [0.2, 0.25) is 5.91 Å². The van der Waals surface area contributed by atoms with Crippen LogP contribution >= 0.6 is 0 Å². The fourth-order valence-electron chi connectivity index (χ4n) is 11.6. The molecule has 8 aliphatic heterocycles. The normalized spacial score (nSPS) is 52.2. The lowest BCUT2D eigenvalue weighted by Crippen LogP contribution is -2.69. The molecule has 8 rings (SSSR count). The molecule has 0 aromatic carbocycles. The summed E-state index contributed by atoms with van der Waals surface area (Å²) >= 11 is 0. The van der Waals surface area contributed by atoms with Crippen LogP contribution in [0.15, 0.2) is 0 Å². The van der Waals surface area contributed by atoms with Crippen LogP contribution in [0.25, 0.3) is 0 Å². The molecule has 0 aliphatic carbocycles. The Bertz CT molecular complexity index is 2260. The van der Waals surface area contributed by atoms with Crippen LogP contribution in [-0.4, -0.2) is 432 Å². The van der Waals surface area contributed by atoms with E-state index in [4.69, 9.17) is 71.1 Å². The summed E-state index contributed by atoms with van der Waals surface area (Å²) in [6.45, 7) is -7.30. The molecule has 0 bridgehead atoms. The van der Waals surface area contributed by atoms with Crippen LogP contribution in [0.2, 0.25) is 0 Å². The van der Waals surface area contributed by atoms with Crippen molar-refractivity contribution < 1.29 is 204 Å². The van der Waals surface area contributed by atoms with Crippen molar-refractivity contribution in [3.05, 3.63) is 0 Å². The van der Waals surface area contributed by atoms with Gasteiger partial charge in [0.05, 0.1) is 52.9 Å². The Balaban J connectivity index is 1.12. The van der Waals surface area contributed by atoms with Crippen LogP contribution in [0.4, 0.5) is 0 Å². The quantitative estimate of drug-likeness (QED) is 0.0452. The molecule has 0 aromatic heterocycles. The predicted molar refractivity (Wildman–Crippen MR) is 276 cm³/mol. The highest BCUT2D eigenvalue weighted by Gasteiger charge is 2.59. The Labute approximate surface area is 519 Å². The van der Waals surface area contributed by atoms with Crippen LogP contribution in [0.3, 0.4) is 0 Å². The third-order valence-electron chi connectivity index (χ3n) is 17.0. The van der Waals surface area contributed by atoms with E-state index in [0.29, 0.717) is 0 Å². The molecule has 8 fully saturated rings. The van der Waals surface area contributed by atoms with Crippen molar-refractivity contribution in [1.29, 1.82) is 0 Å². The van der Waals surface area contributed by atoms with Gasteiger partial charge in [-0.3, -0.25) is 4.79 Å². The number of nitrogens with one attached hydrogen (secondary N) is 1. The fourth-order valence-corrected chi connectivity index (χ4v) is 11.6. The molecule has 8 saturated heterocycles. The van der Waals surface area contributed by atoms with Crippen molar-refractivity contribution in [3.63, 3.8) is 0 Å². The zero-order chi connectivity index (χ0) is 67.6. The smallest absolute Gasteiger partial charge is 0.217 e. The van der Waals surface area contributed by atoms with Crippen molar-refractivity contribution in [2.24, 2.45) is 0 Å². The third kappa shape index (κ3) is 16.0. The van der Waals surface area contributed by atoms with Crippen LogP contribution in [-0.2, 0) is 75.8 Å². The molecule has 42 nitrogen and oxygen atoms in total. The van der Waals surface area contributed by atoms with Crippen molar-refractivity contribution in [1.82, 2.24) is 5.32 Å². The molecule has 0 radical (unpaired) electrons. The maximum absolute atomic E-state index is 12.2. The Hall–Kier alpha value is -2.13. The molecule has 0 saturated carbocycles. The molecule has 0 aromatic rings. The number of aliphatic hydroxyl groups excluding tert-OH is 25. The predicted octanol–water partition coefficient (Wildman–Crippen LogP) is -18.3. The zero-order valence-corrected chi connectivity index (χ0v) is 48.5. The first kappa shape index (κ1) is 75.6. The third-order valence-corrected chi connectivity index (χ3v) is 17.0. The molecule has 536 valence electrons. The van der Waals surface area contributed by atoms with E-state index >= 15 is 0 Å². The molecule has 8 aliphatic rings. The minimum Gasteiger partial charge on any atom is -0.394 e. The van der Waals surface area contributed by atoms with E-state index in [1.165, 1.54) is 0 Å². The zero-order valence-electron chi connectivity index (χ0n) is 48.5. The number of ether oxygens (including phenoxy) is 15. The van der Waals surface area contributed by atoms with Crippen LogP contribution < -0.4 is 5.32 Å². The summed E-state index contributed by atoms with van der Waals surface area (Å²) in [7, 11) is 0. The molecule has 26 N–H and O–H groups in total. The molecule has 42 heteroatoms. The van der Waals surface area contributed by atoms with E-state index in [9.17, 15) is 132 Å². The molecule has 40 atom stereocenters. The monoisotopic (exact) mass is 1360 g/mol. The van der Waals surface area contributed by atoms with Crippen molar-refractivity contribution in [3.8, 4) is 0 Å². The number of rotatable bonds is 23. The Morgan fingerprint density at radius 3 is 0.946 bits per heavy atom. The van der Waals surface area contributed by atoms with Gasteiger partial charge in [-0.1, -0.05) is 0 Å². The maximum atomic E-state index is 12.2. The standard InChI is InChI=1S/C50H85NO41/c1-10(58)51-19-27(66)38(16(7-57)80-43(19)77)88-48-37(76)40(90-50-42(32(71)24(63)15(6-56)85-50)92-47-35(74)30(69)22(61)13(4-54)83-47)26(65)18(87-48)9-79-45-36(75)39(25(64)17(86-45)8-78-44-33(72)28(67)20(59)11(2-52)81-44)89-49-41(31(70)23(62)14(5-55)84-49)91-46-34(73)29(68)21(60)12(3-53)82-46/h11-50,52-57,59-77H,2-9H2,1H3,(H,51,58)/t11-,12-,13-,14-,15-,16-,17-,18-,19-,20-,21-,22-,23-,24-,25-,26-,27-,28+,29+,30+,31+,32+,33+,34+,35+,36+,37+,38-,39+,40+,41+,42+,43?,44+,45+,46-,47-,48+,49-,50-/m1/s1. The summed E-state index contributed by atoms with van der Waals surface area (Å²) < 4.78 is 86.1. The number of hydrogen-bond acceptors (Lipinski definition) is 41. The van der Waals surface area contributed by atoms with E-state index < -0.39 is 304 Å². The molecular weight excluding hydrogens is 1270 g/mol. The lowest BCUT2D eigenvalue weighted by molar-refractivity contribution is -0.400. The van der Waals surface area contributed by atoms with Gasteiger partial charge in [0.25, 0.3) is 0 Å². The first-order chi connectivity index (χ1) is 43.5. The largest absolute Gasteiger partial charge is 0.394 e. The van der Waals surface area contributed by atoms with Gasteiger partial charge >= 0.3 is 0 Å². The average molecular weight is 1360 g/mol. The minimum absolute atomic E-state index is 0.824. The van der Waals surface area contributed by atoms with E-state index in [0.717, 1.165) is 6.92 Å². The van der Waals surface area contributed by atoms with Gasteiger partial charge < -0.3 is 204 Å². The van der Waals surface area contributed by atoms with Crippen LogP contribution in [0, 0.1) is 0 Å². The molecular formula is C50H85NO41. The maximum Gasteiger partial charge on any atom is 0.217 e. The summed E-state index contributed by atoms with van der Waals surface area (Å²) in [6, 6.07) is -1.72. The van der Waals surface area contributed by atoms with Crippen molar-refractivity contribution in [2.45, 2.75) is 253 Å². The van der Waals surface area contributed by atoms with E-state index in [1.807, 2.05) is 0 Å². The fraction of sp³-hybridized carbons (Fsp3) is 0.980. The van der Waals surface area contributed by atoms with Crippen molar-refractivity contribution >= 4 is 5.91 Å². The molecule has 0 spiro atoms. The Morgan fingerprint density at radius 2 is 0.565 bits per heavy atom. The molecule has 1 unspecified atom stereocenters. The summed E-state index contributed by atoms with van der Waals surface area (Å²) in [5, 5.41) is 273. The second-order valence-electron chi connectivity index (χ2n) is 23.2. The molecule has 8 heterocycles. The van der Waals surface area contributed by atoms with E-state index in [2.05, 4.69) is 5.32 Å². The van der Waals surface area contributed by atoms with Crippen LogP contribution in [0.5, 0.6) is 0 Å². The number of hydrogen-bond donors (Lipinski definition) is 26. The summed E-state index contributed by atoms with van der Waals surface area (Å²) in [5.41, 5.74) is 0. The first-order valence-corrected chi connectivity index (χ1v) is 29.2. The molecule has 1 amide bonds. The highest BCUT2D eigenvalue weighted by atomic mass is 16.8. The lowest BCUT2D eigenvalue weighted by Gasteiger charge is -2.50. The first-order valence-electron chi connectivity index (χ1n) is 29.2. The number of carbonyl (C=O) groups is 1. The van der Waals surface area contributed by atoms with Crippen molar-refractivity contribution in [2.75, 3.05) is 52.9 Å². The van der Waals surface area contributed by atoms with Gasteiger partial charge in [-0.05, 0) is 0 Å². The number of amides is 1. The average Bonchev–Trinajstić information content (AvgIpc) is 0.790. The number of aliphatic hydroxyl groups is 25. The Morgan fingerprint density at radius 1 is 0.283 bits per heavy atom. The Kier molecular flexibility index (Phi) is 26.9. The summed E-state index contributed by atoms with van der Waals surface area (Å²) in [6.07, 6.45) is -80.8. The van der Waals surface area contributed by atoms with Gasteiger partial charge in [-0.15, -0.1) is 0 Å².